The number of amides is 3. The third-order valence-corrected chi connectivity index (χ3v) is 5.15. The SMILES string of the molecule is NC(=O)c1cccc(OCC(=O)N2CCC(C(=O)Nc3ccc(Br)cn3)CC2)c1. The van der Waals surface area contributed by atoms with Gasteiger partial charge in [-0.25, -0.2) is 4.98 Å². The Bertz CT molecular complexity index is 896. The molecule has 29 heavy (non-hydrogen) atoms. The summed E-state index contributed by atoms with van der Waals surface area (Å²) in [4.78, 5) is 41.8. The minimum absolute atomic E-state index is 0.0913. The van der Waals surface area contributed by atoms with Crippen molar-refractivity contribution in [2.45, 2.75) is 12.8 Å². The quantitative estimate of drug-likeness (QED) is 0.685. The van der Waals surface area contributed by atoms with Crippen LogP contribution in [0.15, 0.2) is 47.1 Å². The molecule has 1 saturated heterocycles. The highest BCUT2D eigenvalue weighted by Crippen LogP contribution is 2.20. The van der Waals surface area contributed by atoms with Gasteiger partial charge in [0.15, 0.2) is 6.61 Å². The molecule has 8 nitrogen and oxygen atoms in total. The van der Waals surface area contributed by atoms with Crippen molar-refractivity contribution in [1.82, 2.24) is 9.88 Å². The van der Waals surface area contributed by atoms with Crippen molar-refractivity contribution in [1.29, 1.82) is 0 Å². The molecule has 9 heteroatoms. The number of rotatable bonds is 6. The Morgan fingerprint density at radius 2 is 1.97 bits per heavy atom. The van der Waals surface area contributed by atoms with Crippen LogP contribution in [0.25, 0.3) is 0 Å². The van der Waals surface area contributed by atoms with Crippen LogP contribution in [0.4, 0.5) is 5.82 Å². The van der Waals surface area contributed by atoms with Gasteiger partial charge in [0.1, 0.15) is 11.6 Å². The number of pyridine rings is 1. The maximum Gasteiger partial charge on any atom is 0.260 e. The van der Waals surface area contributed by atoms with Gasteiger partial charge in [-0.1, -0.05) is 6.07 Å². The highest BCUT2D eigenvalue weighted by Gasteiger charge is 2.27. The predicted molar refractivity (Wildman–Crippen MR) is 110 cm³/mol. The molecule has 1 fully saturated rings. The third kappa shape index (κ3) is 5.77. The minimum Gasteiger partial charge on any atom is -0.484 e. The first-order valence-electron chi connectivity index (χ1n) is 9.15. The van der Waals surface area contributed by atoms with Gasteiger partial charge in [0.25, 0.3) is 5.91 Å². The number of benzene rings is 1. The second-order valence-electron chi connectivity index (χ2n) is 6.69. The van der Waals surface area contributed by atoms with Gasteiger partial charge in [0.2, 0.25) is 11.8 Å². The van der Waals surface area contributed by atoms with Gasteiger partial charge in [-0.05, 0) is 59.1 Å². The number of primary amides is 1. The summed E-state index contributed by atoms with van der Waals surface area (Å²) in [5.41, 5.74) is 5.56. The van der Waals surface area contributed by atoms with Crippen LogP contribution < -0.4 is 15.8 Å². The maximum absolute atomic E-state index is 12.4. The minimum atomic E-state index is -0.555. The average molecular weight is 461 g/mol. The Morgan fingerprint density at radius 3 is 2.62 bits per heavy atom. The monoisotopic (exact) mass is 460 g/mol. The van der Waals surface area contributed by atoms with Crippen molar-refractivity contribution in [3.63, 3.8) is 0 Å². The van der Waals surface area contributed by atoms with E-state index in [1.54, 1.807) is 35.4 Å². The molecule has 1 aromatic carbocycles. The highest BCUT2D eigenvalue weighted by atomic mass is 79.9. The van der Waals surface area contributed by atoms with Crippen LogP contribution in [0.5, 0.6) is 5.75 Å². The van der Waals surface area contributed by atoms with E-state index < -0.39 is 5.91 Å². The summed E-state index contributed by atoms with van der Waals surface area (Å²) in [7, 11) is 0. The van der Waals surface area contributed by atoms with Gasteiger partial charge in [0, 0.05) is 35.2 Å². The highest BCUT2D eigenvalue weighted by molar-refractivity contribution is 9.10. The van der Waals surface area contributed by atoms with Crippen LogP contribution in [0.2, 0.25) is 0 Å². The van der Waals surface area contributed by atoms with Crippen LogP contribution in [-0.4, -0.2) is 47.3 Å². The summed E-state index contributed by atoms with van der Waals surface area (Å²) in [6.07, 6.45) is 2.77. The summed E-state index contributed by atoms with van der Waals surface area (Å²) < 4.78 is 6.32. The Balaban J connectivity index is 1.45. The van der Waals surface area contributed by atoms with E-state index in [4.69, 9.17) is 10.5 Å². The van der Waals surface area contributed by atoms with E-state index in [2.05, 4.69) is 26.2 Å². The number of hydrogen-bond donors (Lipinski definition) is 2. The number of piperidine rings is 1. The lowest BCUT2D eigenvalue weighted by Gasteiger charge is -2.31. The second kappa shape index (κ2) is 9.51. The van der Waals surface area contributed by atoms with E-state index in [9.17, 15) is 14.4 Å². The number of aromatic nitrogens is 1. The molecule has 0 spiro atoms. The zero-order valence-electron chi connectivity index (χ0n) is 15.6. The fraction of sp³-hybridized carbons (Fsp3) is 0.300. The first kappa shape index (κ1) is 20.8. The molecule has 0 aliphatic carbocycles. The van der Waals surface area contributed by atoms with E-state index in [1.165, 1.54) is 6.07 Å². The van der Waals surface area contributed by atoms with Gasteiger partial charge in [-0.3, -0.25) is 14.4 Å². The summed E-state index contributed by atoms with van der Waals surface area (Å²) >= 11 is 3.30. The van der Waals surface area contributed by atoms with E-state index in [-0.39, 0.29) is 24.3 Å². The van der Waals surface area contributed by atoms with Gasteiger partial charge in [0.05, 0.1) is 0 Å². The normalized spacial score (nSPS) is 14.3. The summed E-state index contributed by atoms with van der Waals surface area (Å²) in [5.74, 6) is -0.0679. The number of ether oxygens (including phenoxy) is 1. The van der Waals surface area contributed by atoms with Crippen molar-refractivity contribution < 1.29 is 19.1 Å². The zero-order valence-corrected chi connectivity index (χ0v) is 17.2. The Kier molecular flexibility index (Phi) is 6.82. The molecule has 3 rings (SSSR count). The third-order valence-electron chi connectivity index (χ3n) is 4.68. The molecule has 2 heterocycles. The standard InChI is InChI=1S/C20H21BrN4O4/c21-15-4-5-17(23-11-15)24-20(28)13-6-8-25(9-7-13)18(26)12-29-16-3-1-2-14(10-16)19(22)27/h1-5,10-11,13H,6-9,12H2,(H2,22,27)(H,23,24,28). The van der Waals surface area contributed by atoms with Crippen LogP contribution in [0.1, 0.15) is 23.2 Å². The van der Waals surface area contributed by atoms with E-state index in [0.717, 1.165) is 4.47 Å². The number of nitrogens with zero attached hydrogens (tertiary/aromatic N) is 2. The molecule has 3 N–H and O–H groups in total. The first-order chi connectivity index (χ1) is 13.9. The van der Waals surface area contributed by atoms with Crippen molar-refractivity contribution >= 4 is 39.5 Å². The van der Waals surface area contributed by atoms with Crippen LogP contribution >= 0.6 is 15.9 Å². The molecule has 3 amide bonds. The van der Waals surface area contributed by atoms with Gasteiger partial charge in [-0.2, -0.15) is 0 Å². The summed E-state index contributed by atoms with van der Waals surface area (Å²) in [5, 5.41) is 2.81. The number of hydrogen-bond acceptors (Lipinski definition) is 5. The maximum atomic E-state index is 12.4. The van der Waals surface area contributed by atoms with Crippen LogP contribution in [-0.2, 0) is 9.59 Å². The molecule has 1 aromatic heterocycles. The van der Waals surface area contributed by atoms with Crippen molar-refractivity contribution in [2.75, 3.05) is 25.0 Å². The van der Waals surface area contributed by atoms with Crippen molar-refractivity contribution in [3.8, 4) is 5.75 Å². The van der Waals surface area contributed by atoms with E-state index >= 15 is 0 Å². The number of carbonyl (C=O) groups excluding carboxylic acids is 3. The molecular weight excluding hydrogens is 440 g/mol. The van der Waals surface area contributed by atoms with Crippen molar-refractivity contribution in [3.05, 3.63) is 52.6 Å². The van der Waals surface area contributed by atoms with Crippen molar-refractivity contribution in [2.24, 2.45) is 11.7 Å². The molecule has 0 unspecified atom stereocenters. The first-order valence-corrected chi connectivity index (χ1v) is 9.94. The lowest BCUT2D eigenvalue weighted by atomic mass is 9.96. The fourth-order valence-corrected chi connectivity index (χ4v) is 3.28. The van der Waals surface area contributed by atoms with Crippen LogP contribution in [0, 0.1) is 5.92 Å². The van der Waals surface area contributed by atoms with Crippen LogP contribution in [0.3, 0.4) is 0 Å². The van der Waals surface area contributed by atoms with Gasteiger partial charge < -0.3 is 20.7 Å². The Hall–Kier alpha value is -2.94. The zero-order chi connectivity index (χ0) is 20.8. The number of anilines is 1. The second-order valence-corrected chi connectivity index (χ2v) is 7.60. The number of nitrogens with one attached hydrogen (secondary N) is 1. The van der Waals surface area contributed by atoms with E-state index in [1.807, 2.05) is 6.07 Å². The topological polar surface area (TPSA) is 115 Å². The molecule has 0 saturated carbocycles. The molecule has 2 aromatic rings. The number of halogens is 1. The largest absolute Gasteiger partial charge is 0.484 e. The van der Waals surface area contributed by atoms with Gasteiger partial charge in [-0.15, -0.1) is 0 Å². The smallest absolute Gasteiger partial charge is 0.260 e. The molecule has 152 valence electrons. The lowest BCUT2D eigenvalue weighted by Crippen LogP contribution is -2.43. The number of likely N-dealkylation sites (tertiary alicyclic amines) is 1. The summed E-state index contributed by atoms with van der Waals surface area (Å²) in [6.45, 7) is 0.826. The molecule has 0 atom stereocenters. The average Bonchev–Trinajstić information content (AvgIpc) is 2.74. The fourth-order valence-electron chi connectivity index (χ4n) is 3.04. The van der Waals surface area contributed by atoms with Gasteiger partial charge >= 0.3 is 0 Å². The number of carbonyl (C=O) groups is 3. The summed E-state index contributed by atoms with van der Waals surface area (Å²) in [6, 6.07) is 9.92. The molecule has 1 aliphatic heterocycles. The Labute approximate surface area is 176 Å². The Morgan fingerprint density at radius 1 is 1.21 bits per heavy atom. The molecular formula is C20H21BrN4O4. The number of nitrogens with two attached hydrogens (primary N) is 1. The molecule has 0 bridgehead atoms. The lowest BCUT2D eigenvalue weighted by molar-refractivity contribution is -0.136. The van der Waals surface area contributed by atoms with E-state index in [0.29, 0.717) is 43.1 Å². The molecule has 0 radical (unpaired) electrons. The predicted octanol–water partition coefficient (Wildman–Crippen LogP) is 2.20. The molecule has 1 aliphatic rings.